The van der Waals surface area contributed by atoms with Crippen molar-refractivity contribution in [1.82, 2.24) is 35.0 Å². The summed E-state index contributed by atoms with van der Waals surface area (Å²) < 4.78 is 18.5. The molecule has 10 heteroatoms. The number of likely N-dealkylation sites (N-methyl/N-ethyl adjacent to an activating group) is 1. The molecule has 4 aromatic rings. The third kappa shape index (κ3) is 4.39. The molecule has 1 atom stereocenters. The second kappa shape index (κ2) is 9.04. The van der Waals surface area contributed by atoms with E-state index in [2.05, 4.69) is 25.3 Å². The third-order valence-corrected chi connectivity index (χ3v) is 5.02. The molecule has 0 unspecified atom stereocenters. The van der Waals surface area contributed by atoms with Crippen molar-refractivity contribution in [1.29, 1.82) is 0 Å². The van der Waals surface area contributed by atoms with E-state index in [4.69, 9.17) is 4.52 Å². The van der Waals surface area contributed by atoms with E-state index in [-0.39, 0.29) is 23.5 Å². The van der Waals surface area contributed by atoms with E-state index >= 15 is 0 Å². The maximum absolute atomic E-state index is 13.4. The number of carbonyl (C=O) groups is 1. The minimum Gasteiger partial charge on any atom is -0.334 e. The molecule has 0 saturated heterocycles. The van der Waals surface area contributed by atoms with E-state index < -0.39 is 0 Å². The number of carbonyl (C=O) groups excluding carboxylic acids is 1. The number of pyridine rings is 1. The summed E-state index contributed by atoms with van der Waals surface area (Å²) in [5.74, 6) is 0.176. The van der Waals surface area contributed by atoms with Gasteiger partial charge in [-0.3, -0.25) is 4.79 Å². The third-order valence-electron chi connectivity index (χ3n) is 5.02. The summed E-state index contributed by atoms with van der Waals surface area (Å²) in [4.78, 5) is 25.4. The minimum absolute atomic E-state index is 0.230. The van der Waals surface area contributed by atoms with E-state index in [0.717, 1.165) is 5.69 Å². The SMILES string of the molecule is CCN(C(=O)c1nc(C)ccc1-n1nccn1)[C@@H](C)Cc1noc(-c2ccc(F)cc2)n1. The van der Waals surface area contributed by atoms with Crippen molar-refractivity contribution in [3.05, 3.63) is 71.8 Å². The molecular formula is C22H22FN7O2. The first-order chi connectivity index (χ1) is 15.5. The van der Waals surface area contributed by atoms with Crippen LogP contribution in [0, 0.1) is 12.7 Å². The van der Waals surface area contributed by atoms with Gasteiger partial charge in [0.05, 0.1) is 12.4 Å². The predicted octanol–water partition coefficient (Wildman–Crippen LogP) is 3.25. The zero-order chi connectivity index (χ0) is 22.7. The summed E-state index contributed by atoms with van der Waals surface area (Å²) >= 11 is 0. The van der Waals surface area contributed by atoms with Gasteiger partial charge >= 0.3 is 0 Å². The number of halogens is 1. The summed E-state index contributed by atoms with van der Waals surface area (Å²) in [6.45, 7) is 6.10. The largest absolute Gasteiger partial charge is 0.334 e. The van der Waals surface area contributed by atoms with Crippen molar-refractivity contribution in [2.24, 2.45) is 0 Å². The Balaban J connectivity index is 1.55. The molecule has 0 spiro atoms. The second-order valence-corrected chi connectivity index (χ2v) is 7.31. The first-order valence-corrected chi connectivity index (χ1v) is 10.2. The lowest BCUT2D eigenvalue weighted by Gasteiger charge is -2.27. The maximum Gasteiger partial charge on any atom is 0.275 e. The van der Waals surface area contributed by atoms with Crippen LogP contribution in [0.5, 0.6) is 0 Å². The molecule has 0 aliphatic carbocycles. The van der Waals surface area contributed by atoms with Gasteiger partial charge in [-0.2, -0.15) is 15.2 Å². The van der Waals surface area contributed by atoms with E-state index in [0.29, 0.717) is 35.9 Å². The molecule has 0 radical (unpaired) electrons. The van der Waals surface area contributed by atoms with Crippen LogP contribution < -0.4 is 0 Å². The molecule has 32 heavy (non-hydrogen) atoms. The van der Waals surface area contributed by atoms with Crippen LogP contribution in [-0.2, 0) is 6.42 Å². The number of aromatic nitrogens is 6. The van der Waals surface area contributed by atoms with Gasteiger partial charge in [0.15, 0.2) is 11.5 Å². The van der Waals surface area contributed by atoms with Gasteiger partial charge in [0.1, 0.15) is 11.5 Å². The Morgan fingerprint density at radius 3 is 2.53 bits per heavy atom. The van der Waals surface area contributed by atoms with E-state index in [9.17, 15) is 9.18 Å². The summed E-state index contributed by atoms with van der Waals surface area (Å²) in [5, 5.41) is 12.3. The molecule has 1 amide bonds. The number of hydrogen-bond acceptors (Lipinski definition) is 7. The molecule has 164 valence electrons. The van der Waals surface area contributed by atoms with Crippen molar-refractivity contribution in [2.75, 3.05) is 6.54 Å². The normalized spacial score (nSPS) is 12.0. The zero-order valence-corrected chi connectivity index (χ0v) is 17.9. The van der Waals surface area contributed by atoms with Crippen LogP contribution in [0.2, 0.25) is 0 Å². The standard InChI is InChI=1S/C22H22FN7O2/c1-4-29(22(31)20-18(10-5-14(2)26-20)30-24-11-12-25-30)15(3)13-19-27-21(32-28-19)16-6-8-17(23)9-7-16/h5-12,15H,4,13H2,1-3H3/t15-/m0/s1. The Bertz CT molecular complexity index is 1210. The molecule has 4 rings (SSSR count). The van der Waals surface area contributed by atoms with E-state index in [1.54, 1.807) is 35.5 Å². The van der Waals surface area contributed by atoms with Gasteiger partial charge in [0.25, 0.3) is 11.8 Å². The van der Waals surface area contributed by atoms with Crippen LogP contribution >= 0.6 is 0 Å². The molecule has 0 fully saturated rings. The number of benzene rings is 1. The lowest BCUT2D eigenvalue weighted by Crippen LogP contribution is -2.41. The van der Waals surface area contributed by atoms with Crippen LogP contribution in [0.1, 0.15) is 35.9 Å². The Morgan fingerprint density at radius 1 is 1.12 bits per heavy atom. The Labute approximate surface area is 183 Å². The second-order valence-electron chi connectivity index (χ2n) is 7.31. The molecule has 0 aliphatic heterocycles. The van der Waals surface area contributed by atoms with Gasteiger partial charge in [-0.05, 0) is 57.2 Å². The summed E-state index contributed by atoms with van der Waals surface area (Å²) in [6, 6.07) is 9.18. The van der Waals surface area contributed by atoms with Gasteiger partial charge in [-0.15, -0.1) is 4.80 Å². The molecule has 9 nitrogen and oxygen atoms in total. The summed E-state index contributed by atoms with van der Waals surface area (Å²) in [6.07, 6.45) is 3.47. The Hall–Kier alpha value is -3.95. The number of amides is 1. The number of aryl methyl sites for hydroxylation is 1. The molecule has 0 aliphatic rings. The van der Waals surface area contributed by atoms with Crippen LogP contribution in [0.15, 0.2) is 53.3 Å². The maximum atomic E-state index is 13.4. The van der Waals surface area contributed by atoms with Crippen LogP contribution in [0.3, 0.4) is 0 Å². The molecule has 3 heterocycles. The number of nitrogens with zero attached hydrogens (tertiary/aromatic N) is 7. The highest BCUT2D eigenvalue weighted by molar-refractivity contribution is 5.96. The lowest BCUT2D eigenvalue weighted by molar-refractivity contribution is 0.0694. The lowest BCUT2D eigenvalue weighted by atomic mass is 10.1. The van der Waals surface area contributed by atoms with Crippen molar-refractivity contribution in [3.8, 4) is 17.1 Å². The highest BCUT2D eigenvalue weighted by Crippen LogP contribution is 2.20. The predicted molar refractivity (Wildman–Crippen MR) is 113 cm³/mol. The van der Waals surface area contributed by atoms with Crippen LogP contribution in [0.25, 0.3) is 17.1 Å². The van der Waals surface area contributed by atoms with Crippen molar-refractivity contribution < 1.29 is 13.7 Å². The van der Waals surface area contributed by atoms with Crippen LogP contribution in [0.4, 0.5) is 4.39 Å². The number of rotatable bonds is 7. The smallest absolute Gasteiger partial charge is 0.275 e. The monoisotopic (exact) mass is 435 g/mol. The fourth-order valence-electron chi connectivity index (χ4n) is 3.42. The van der Waals surface area contributed by atoms with Gasteiger partial charge < -0.3 is 9.42 Å². The molecule has 1 aromatic carbocycles. The number of hydrogen-bond donors (Lipinski definition) is 0. The quantitative estimate of drug-likeness (QED) is 0.439. The first-order valence-electron chi connectivity index (χ1n) is 10.2. The molecular weight excluding hydrogens is 413 g/mol. The first kappa shape index (κ1) is 21.3. The Kier molecular flexibility index (Phi) is 6.02. The minimum atomic E-state index is -0.339. The van der Waals surface area contributed by atoms with Crippen molar-refractivity contribution >= 4 is 5.91 Å². The molecule has 0 N–H and O–H groups in total. The van der Waals surface area contributed by atoms with Crippen LogP contribution in [-0.4, -0.2) is 53.5 Å². The molecule has 0 saturated carbocycles. The van der Waals surface area contributed by atoms with Gasteiger partial charge in [-0.1, -0.05) is 5.16 Å². The highest BCUT2D eigenvalue weighted by atomic mass is 19.1. The highest BCUT2D eigenvalue weighted by Gasteiger charge is 2.26. The Morgan fingerprint density at radius 2 is 1.84 bits per heavy atom. The fraction of sp³-hybridized carbons (Fsp3) is 0.273. The fourth-order valence-corrected chi connectivity index (χ4v) is 3.42. The topological polar surface area (TPSA) is 103 Å². The van der Waals surface area contributed by atoms with Gasteiger partial charge in [-0.25, -0.2) is 9.37 Å². The summed E-state index contributed by atoms with van der Waals surface area (Å²) in [7, 11) is 0. The zero-order valence-electron chi connectivity index (χ0n) is 17.9. The van der Waals surface area contributed by atoms with Gasteiger partial charge in [0.2, 0.25) is 0 Å². The molecule has 0 bridgehead atoms. The van der Waals surface area contributed by atoms with Crippen molar-refractivity contribution in [3.63, 3.8) is 0 Å². The van der Waals surface area contributed by atoms with E-state index in [1.807, 2.05) is 26.8 Å². The van der Waals surface area contributed by atoms with Crippen molar-refractivity contribution in [2.45, 2.75) is 33.2 Å². The average Bonchev–Trinajstić information content (AvgIpc) is 3.47. The summed E-state index contributed by atoms with van der Waals surface area (Å²) in [5.41, 5.74) is 2.13. The molecule has 3 aromatic heterocycles. The van der Waals surface area contributed by atoms with Gasteiger partial charge in [0, 0.05) is 30.3 Å². The van der Waals surface area contributed by atoms with E-state index in [1.165, 1.54) is 16.9 Å². The average molecular weight is 435 g/mol.